The van der Waals surface area contributed by atoms with Gasteiger partial charge in [-0.3, -0.25) is 4.79 Å². The molecule has 1 rings (SSSR count). The molecule has 1 aromatic carbocycles. The lowest BCUT2D eigenvalue weighted by Crippen LogP contribution is -1.79. The Kier molecular flexibility index (Phi) is 1.58. The summed E-state index contributed by atoms with van der Waals surface area (Å²) >= 11 is 0. The maximum Gasteiger partial charge on any atom is 0.150 e. The molecule has 1 aromatic rings. The van der Waals surface area contributed by atoms with Crippen LogP contribution in [0.15, 0.2) is 18.2 Å². The number of halogens is 1. The molecule has 0 heterocycles. The van der Waals surface area contributed by atoms with Crippen molar-refractivity contribution >= 4 is 6.29 Å². The Hall–Kier alpha value is -1.18. The van der Waals surface area contributed by atoms with Crippen molar-refractivity contribution < 1.29 is 9.18 Å². The summed E-state index contributed by atoms with van der Waals surface area (Å²) in [6.07, 6.45) is 0.594. The van der Waals surface area contributed by atoms with E-state index in [0.29, 0.717) is 11.8 Å². The molecule has 0 N–H and O–H groups in total. The maximum atomic E-state index is 12.1. The van der Waals surface area contributed by atoms with Crippen LogP contribution in [0.2, 0.25) is 0 Å². The van der Waals surface area contributed by atoms with Crippen molar-refractivity contribution in [1.29, 1.82) is 0 Å². The fraction of sp³-hybridized carbons (Fsp3) is 0. The summed E-state index contributed by atoms with van der Waals surface area (Å²) in [7, 11) is 0. The van der Waals surface area contributed by atoms with E-state index < -0.39 is 5.82 Å². The predicted octanol–water partition coefficient (Wildman–Crippen LogP) is 1.44. The molecular weight excluding hydrogens is 119 g/mol. The lowest BCUT2D eigenvalue weighted by molar-refractivity contribution is 0.112. The number of rotatable bonds is 1. The van der Waals surface area contributed by atoms with Crippen molar-refractivity contribution in [3.05, 3.63) is 35.6 Å². The third-order valence-corrected chi connectivity index (χ3v) is 0.926. The first-order chi connectivity index (χ1) is 4.33. The van der Waals surface area contributed by atoms with Gasteiger partial charge in [-0.2, -0.15) is 0 Å². The van der Waals surface area contributed by atoms with E-state index in [9.17, 15) is 9.18 Å². The van der Waals surface area contributed by atoms with E-state index in [2.05, 4.69) is 6.07 Å². The Balaban J connectivity index is 3.07. The van der Waals surface area contributed by atoms with Crippen LogP contribution in [0.3, 0.4) is 0 Å². The molecule has 0 spiro atoms. The first kappa shape index (κ1) is 5.95. The predicted molar refractivity (Wildman–Crippen MR) is 30.6 cm³/mol. The highest BCUT2D eigenvalue weighted by molar-refractivity contribution is 5.74. The van der Waals surface area contributed by atoms with Crippen molar-refractivity contribution in [1.82, 2.24) is 0 Å². The molecule has 0 aliphatic heterocycles. The van der Waals surface area contributed by atoms with Gasteiger partial charge < -0.3 is 0 Å². The van der Waals surface area contributed by atoms with Crippen LogP contribution < -0.4 is 0 Å². The van der Waals surface area contributed by atoms with Crippen LogP contribution in [0.1, 0.15) is 10.4 Å². The van der Waals surface area contributed by atoms with Crippen LogP contribution in [0.5, 0.6) is 0 Å². The molecule has 0 aromatic heterocycles. The Morgan fingerprint density at radius 3 is 2.89 bits per heavy atom. The fourth-order valence-corrected chi connectivity index (χ4v) is 0.527. The number of benzene rings is 1. The van der Waals surface area contributed by atoms with Crippen LogP contribution in [-0.2, 0) is 0 Å². The highest BCUT2D eigenvalue weighted by Crippen LogP contribution is 1.98. The van der Waals surface area contributed by atoms with Crippen LogP contribution >= 0.6 is 0 Å². The molecule has 0 atom stereocenters. The molecule has 45 valence electrons. The van der Waals surface area contributed by atoms with Crippen LogP contribution in [0, 0.1) is 11.9 Å². The normalized spacial score (nSPS) is 9.00. The molecule has 9 heavy (non-hydrogen) atoms. The number of aldehydes is 1. The standard InChI is InChI=1S/C7H4FO/c8-7-3-1-2-6(4-7)5-9/h1-2,4-5H. The first-order valence-electron chi connectivity index (χ1n) is 2.45. The number of carbonyl (C=O) groups excluding carboxylic acids is 1. The molecule has 0 saturated heterocycles. The molecule has 2 heteroatoms. The van der Waals surface area contributed by atoms with Crippen molar-refractivity contribution in [3.8, 4) is 0 Å². The number of hydrogen-bond acceptors (Lipinski definition) is 1. The second-order valence-electron chi connectivity index (χ2n) is 1.59. The third kappa shape index (κ3) is 1.35. The largest absolute Gasteiger partial charge is 0.298 e. The maximum absolute atomic E-state index is 12.1. The number of carbonyl (C=O) groups is 1. The summed E-state index contributed by atoms with van der Waals surface area (Å²) < 4.78 is 12.1. The van der Waals surface area contributed by atoms with E-state index in [1.54, 1.807) is 0 Å². The average Bonchev–Trinajstić information content (AvgIpc) is 1.88. The van der Waals surface area contributed by atoms with Gasteiger partial charge in [-0.25, -0.2) is 4.39 Å². The molecule has 0 bridgehead atoms. The Morgan fingerprint density at radius 1 is 1.67 bits per heavy atom. The summed E-state index contributed by atoms with van der Waals surface area (Å²) in [5.41, 5.74) is 0.339. The zero-order chi connectivity index (χ0) is 6.69. The Bertz CT molecular complexity index is 220. The van der Waals surface area contributed by atoms with E-state index in [-0.39, 0.29) is 0 Å². The van der Waals surface area contributed by atoms with E-state index in [0.717, 1.165) is 6.07 Å². The van der Waals surface area contributed by atoms with Gasteiger partial charge in [-0.15, -0.1) is 0 Å². The van der Waals surface area contributed by atoms with Crippen LogP contribution in [0.25, 0.3) is 0 Å². The van der Waals surface area contributed by atoms with Crippen molar-refractivity contribution in [2.75, 3.05) is 0 Å². The van der Waals surface area contributed by atoms with Gasteiger partial charge in [0.05, 0.1) is 0 Å². The fourth-order valence-electron chi connectivity index (χ4n) is 0.527. The molecule has 1 nitrogen and oxygen atoms in total. The first-order valence-corrected chi connectivity index (χ1v) is 2.45. The minimum atomic E-state index is -0.500. The van der Waals surface area contributed by atoms with Crippen molar-refractivity contribution in [2.45, 2.75) is 0 Å². The molecule has 0 amide bonds. The lowest BCUT2D eigenvalue weighted by Gasteiger charge is -1.86. The van der Waals surface area contributed by atoms with E-state index >= 15 is 0 Å². The van der Waals surface area contributed by atoms with E-state index in [4.69, 9.17) is 0 Å². The highest BCUT2D eigenvalue weighted by Gasteiger charge is 1.90. The number of hydrogen-bond donors (Lipinski definition) is 0. The minimum Gasteiger partial charge on any atom is -0.298 e. The molecule has 0 fully saturated rings. The monoisotopic (exact) mass is 123 g/mol. The average molecular weight is 123 g/mol. The second kappa shape index (κ2) is 2.40. The van der Waals surface area contributed by atoms with Gasteiger partial charge in [0.25, 0.3) is 0 Å². The van der Waals surface area contributed by atoms with Gasteiger partial charge in [0.1, 0.15) is 12.1 Å². The van der Waals surface area contributed by atoms with Crippen LogP contribution in [-0.4, -0.2) is 6.29 Å². The summed E-state index contributed by atoms with van der Waals surface area (Å²) in [6.45, 7) is 0. The summed E-state index contributed by atoms with van der Waals surface area (Å²) in [4.78, 5) is 9.98. The van der Waals surface area contributed by atoms with E-state index in [1.165, 1.54) is 12.1 Å². The lowest BCUT2D eigenvalue weighted by atomic mass is 10.2. The molecular formula is C7H4FO. The molecule has 0 saturated carbocycles. The van der Waals surface area contributed by atoms with Gasteiger partial charge in [-0.1, -0.05) is 12.1 Å². The Labute approximate surface area is 52.1 Å². The van der Waals surface area contributed by atoms with Gasteiger partial charge in [0, 0.05) is 11.6 Å². The quantitative estimate of drug-likeness (QED) is 0.516. The highest BCUT2D eigenvalue weighted by atomic mass is 19.1. The minimum absolute atomic E-state index is 0.339. The van der Waals surface area contributed by atoms with Gasteiger partial charge >= 0.3 is 0 Å². The third-order valence-electron chi connectivity index (χ3n) is 0.926. The van der Waals surface area contributed by atoms with Crippen molar-refractivity contribution in [3.63, 3.8) is 0 Å². The van der Waals surface area contributed by atoms with Crippen LogP contribution in [0.4, 0.5) is 4.39 Å². The summed E-state index contributed by atoms with van der Waals surface area (Å²) in [5.74, 6) is -0.500. The zero-order valence-corrected chi connectivity index (χ0v) is 4.60. The summed E-state index contributed by atoms with van der Waals surface area (Å²) in [5, 5.41) is 0. The van der Waals surface area contributed by atoms with Gasteiger partial charge in [0.2, 0.25) is 0 Å². The van der Waals surface area contributed by atoms with E-state index in [1.807, 2.05) is 0 Å². The molecule has 0 aliphatic carbocycles. The molecule has 0 aliphatic rings. The molecule has 0 unspecified atom stereocenters. The molecule has 1 radical (unpaired) electrons. The Morgan fingerprint density at radius 2 is 2.44 bits per heavy atom. The summed E-state index contributed by atoms with van der Waals surface area (Å²) in [6, 6.07) is 6.28. The van der Waals surface area contributed by atoms with Crippen molar-refractivity contribution in [2.24, 2.45) is 0 Å². The second-order valence-corrected chi connectivity index (χ2v) is 1.59. The van der Waals surface area contributed by atoms with Gasteiger partial charge in [0.15, 0.2) is 0 Å². The topological polar surface area (TPSA) is 17.1 Å². The zero-order valence-electron chi connectivity index (χ0n) is 4.60. The smallest absolute Gasteiger partial charge is 0.150 e. The van der Waals surface area contributed by atoms with Gasteiger partial charge in [-0.05, 0) is 6.07 Å². The SMILES string of the molecule is O=Cc1cc[c]c(F)c1.